The van der Waals surface area contributed by atoms with E-state index in [2.05, 4.69) is 13.8 Å². The van der Waals surface area contributed by atoms with Crippen LogP contribution < -0.4 is 0 Å². The van der Waals surface area contributed by atoms with Gasteiger partial charge in [-0.3, -0.25) is 9.59 Å². The lowest BCUT2D eigenvalue weighted by Gasteiger charge is -2.49. The van der Waals surface area contributed by atoms with Gasteiger partial charge in [0.1, 0.15) is 37.1 Å². The van der Waals surface area contributed by atoms with Crippen LogP contribution in [0.4, 0.5) is 0 Å². The van der Waals surface area contributed by atoms with Crippen LogP contribution in [0.25, 0.3) is 0 Å². The highest BCUT2D eigenvalue weighted by Crippen LogP contribution is 2.34. The Labute approximate surface area is 241 Å². The summed E-state index contributed by atoms with van der Waals surface area (Å²) >= 11 is 0. The maximum Gasteiger partial charge on any atom is 0.306 e. The molecule has 0 radical (unpaired) electrons. The summed E-state index contributed by atoms with van der Waals surface area (Å²) in [5.74, 6) is -3.64. The maximum atomic E-state index is 12.7. The van der Waals surface area contributed by atoms with Crippen LogP contribution in [0.3, 0.4) is 0 Å². The summed E-state index contributed by atoms with van der Waals surface area (Å²) in [5.41, 5.74) is 0. The topological polar surface area (TPSA) is 202 Å². The second kappa shape index (κ2) is 18.3. The third-order valence-corrected chi connectivity index (χ3v) is 7.50. The van der Waals surface area contributed by atoms with Gasteiger partial charge in [-0.05, 0) is 12.8 Å². The SMILES string of the molecule is CCCCCCCC(=O)O[C@H]1[C@@H](O[C@]2(CO)OC[C@@H](O)[C@@H](O)[C@@H]2O)O[C@H](CO)[C@@H](OC(=O)CCCCCCC)[C@@H]1O. The van der Waals surface area contributed by atoms with Gasteiger partial charge < -0.3 is 54.3 Å². The average Bonchev–Trinajstić information content (AvgIpc) is 2.96. The van der Waals surface area contributed by atoms with Crippen molar-refractivity contribution in [1.29, 1.82) is 0 Å². The van der Waals surface area contributed by atoms with E-state index in [0.717, 1.165) is 51.4 Å². The predicted octanol–water partition coefficient (Wildman–Crippen LogP) is 0.427. The summed E-state index contributed by atoms with van der Waals surface area (Å²) in [7, 11) is 0. The van der Waals surface area contributed by atoms with Crippen molar-refractivity contribution in [2.24, 2.45) is 0 Å². The van der Waals surface area contributed by atoms with Crippen LogP contribution >= 0.6 is 0 Å². The van der Waals surface area contributed by atoms with Crippen molar-refractivity contribution in [3.05, 3.63) is 0 Å². The number of esters is 2. The van der Waals surface area contributed by atoms with Crippen LogP contribution in [-0.2, 0) is 33.3 Å². The largest absolute Gasteiger partial charge is 0.457 e. The Morgan fingerprint density at radius 3 is 1.83 bits per heavy atom. The molecule has 9 atom stereocenters. The van der Waals surface area contributed by atoms with E-state index in [1.807, 2.05) is 0 Å². The third kappa shape index (κ3) is 10.4. The normalized spacial score (nSPS) is 33.9. The molecule has 0 amide bonds. The zero-order chi connectivity index (χ0) is 30.4. The molecule has 2 saturated heterocycles. The van der Waals surface area contributed by atoms with E-state index in [1.165, 1.54) is 0 Å². The van der Waals surface area contributed by atoms with Crippen molar-refractivity contribution in [1.82, 2.24) is 0 Å². The van der Waals surface area contributed by atoms with Crippen LogP contribution in [0, 0.1) is 0 Å². The Hall–Kier alpha value is -1.42. The van der Waals surface area contributed by atoms with Gasteiger partial charge in [0.15, 0.2) is 12.2 Å². The zero-order valence-corrected chi connectivity index (χ0v) is 24.3. The summed E-state index contributed by atoms with van der Waals surface area (Å²) in [4.78, 5) is 25.3. The molecular weight excluding hydrogens is 544 g/mol. The van der Waals surface area contributed by atoms with Crippen LogP contribution in [0.1, 0.15) is 90.9 Å². The van der Waals surface area contributed by atoms with E-state index in [9.17, 15) is 40.2 Å². The lowest BCUT2D eigenvalue weighted by Crippen LogP contribution is -2.68. The van der Waals surface area contributed by atoms with Gasteiger partial charge in [-0.2, -0.15) is 0 Å². The number of carbonyl (C=O) groups excluding carboxylic acids is 2. The molecule has 2 aliphatic heterocycles. The first kappa shape index (κ1) is 35.8. The van der Waals surface area contributed by atoms with E-state index < -0.39 is 86.6 Å². The number of aliphatic hydroxyl groups is 6. The van der Waals surface area contributed by atoms with E-state index in [0.29, 0.717) is 12.8 Å². The lowest BCUT2D eigenvalue weighted by molar-refractivity contribution is -0.415. The number of rotatable bonds is 18. The molecule has 6 N–H and O–H groups in total. The molecule has 2 fully saturated rings. The van der Waals surface area contributed by atoms with Crippen molar-refractivity contribution < 1.29 is 63.9 Å². The summed E-state index contributed by atoms with van der Waals surface area (Å²) in [5, 5.41) is 61.9. The minimum absolute atomic E-state index is 0.0282. The van der Waals surface area contributed by atoms with E-state index in [4.69, 9.17) is 23.7 Å². The summed E-state index contributed by atoms with van der Waals surface area (Å²) in [6, 6.07) is 0. The Balaban J connectivity index is 2.20. The fraction of sp³-hybridized carbons (Fsp3) is 0.929. The lowest BCUT2D eigenvalue weighted by atomic mass is 9.95. The molecule has 0 unspecified atom stereocenters. The molecule has 0 aliphatic carbocycles. The molecule has 13 heteroatoms. The summed E-state index contributed by atoms with van der Waals surface area (Å²) in [6.45, 7) is 1.90. The highest BCUT2D eigenvalue weighted by Gasteiger charge is 2.57. The van der Waals surface area contributed by atoms with Gasteiger partial charge >= 0.3 is 11.9 Å². The Morgan fingerprint density at radius 1 is 0.780 bits per heavy atom. The first-order valence-corrected chi connectivity index (χ1v) is 14.9. The molecule has 2 heterocycles. The number of hydrogen-bond acceptors (Lipinski definition) is 13. The quantitative estimate of drug-likeness (QED) is 0.0943. The third-order valence-electron chi connectivity index (χ3n) is 7.50. The Bertz CT molecular complexity index is 767. The van der Waals surface area contributed by atoms with Crippen LogP contribution in [0.15, 0.2) is 0 Å². The van der Waals surface area contributed by atoms with Crippen molar-refractivity contribution in [2.45, 2.75) is 146 Å². The monoisotopic (exact) mass is 594 g/mol. The standard InChI is InChI=1S/C28H50O13/c1-3-5-7-9-11-13-20(32)39-24-19(15-29)38-27(41-28(17-30)26(36)22(34)18(31)16-37-28)25(23(24)35)40-21(33)14-12-10-8-6-4-2/h18-19,22-27,29-31,34-36H,3-17H2,1-2H3/t18-,19-,22-,23+,24-,25-,26+,27-,28+/m1/s1. The van der Waals surface area contributed by atoms with Crippen LogP contribution in [-0.4, -0.2) is 117 Å². The van der Waals surface area contributed by atoms with Gasteiger partial charge in [-0.1, -0.05) is 65.2 Å². The van der Waals surface area contributed by atoms with Gasteiger partial charge in [0.25, 0.3) is 0 Å². The zero-order valence-electron chi connectivity index (χ0n) is 24.3. The molecule has 2 aliphatic rings. The fourth-order valence-corrected chi connectivity index (χ4v) is 4.93. The molecule has 0 saturated carbocycles. The van der Waals surface area contributed by atoms with Gasteiger partial charge in [-0.15, -0.1) is 0 Å². The van der Waals surface area contributed by atoms with Crippen molar-refractivity contribution in [3.63, 3.8) is 0 Å². The number of hydrogen-bond donors (Lipinski definition) is 6. The smallest absolute Gasteiger partial charge is 0.306 e. The predicted molar refractivity (Wildman–Crippen MR) is 143 cm³/mol. The second-order valence-corrected chi connectivity index (χ2v) is 10.9. The van der Waals surface area contributed by atoms with Gasteiger partial charge in [0.2, 0.25) is 12.1 Å². The van der Waals surface area contributed by atoms with Crippen molar-refractivity contribution >= 4 is 11.9 Å². The van der Waals surface area contributed by atoms with E-state index in [-0.39, 0.29) is 12.8 Å². The number of unbranched alkanes of at least 4 members (excludes halogenated alkanes) is 8. The number of ether oxygens (including phenoxy) is 5. The van der Waals surface area contributed by atoms with Crippen molar-refractivity contribution in [3.8, 4) is 0 Å². The molecule has 0 bridgehead atoms. The maximum absolute atomic E-state index is 12.7. The highest BCUT2D eigenvalue weighted by atomic mass is 16.8. The van der Waals surface area contributed by atoms with Crippen LogP contribution in [0.5, 0.6) is 0 Å². The minimum atomic E-state index is -2.32. The Kier molecular flexibility index (Phi) is 16.0. The molecule has 2 rings (SSSR count). The molecule has 0 aromatic rings. The molecule has 0 aromatic heterocycles. The van der Waals surface area contributed by atoms with E-state index in [1.54, 1.807) is 0 Å². The van der Waals surface area contributed by atoms with Crippen LogP contribution in [0.2, 0.25) is 0 Å². The first-order valence-electron chi connectivity index (χ1n) is 14.9. The summed E-state index contributed by atoms with van der Waals surface area (Å²) in [6.07, 6.45) is -4.04. The molecule has 13 nitrogen and oxygen atoms in total. The summed E-state index contributed by atoms with van der Waals surface area (Å²) < 4.78 is 27.8. The molecular formula is C28H50O13. The molecule has 0 spiro atoms. The highest BCUT2D eigenvalue weighted by molar-refractivity contribution is 5.70. The van der Waals surface area contributed by atoms with Gasteiger partial charge in [-0.25, -0.2) is 0 Å². The Morgan fingerprint density at radius 2 is 1.32 bits per heavy atom. The second-order valence-electron chi connectivity index (χ2n) is 10.9. The van der Waals surface area contributed by atoms with Gasteiger partial charge in [0.05, 0.1) is 13.2 Å². The average molecular weight is 595 g/mol. The molecule has 41 heavy (non-hydrogen) atoms. The van der Waals surface area contributed by atoms with Crippen molar-refractivity contribution in [2.75, 3.05) is 19.8 Å². The first-order chi connectivity index (χ1) is 19.6. The molecule has 0 aromatic carbocycles. The molecule has 240 valence electrons. The number of carbonyl (C=O) groups is 2. The number of aliphatic hydroxyl groups excluding tert-OH is 6. The van der Waals surface area contributed by atoms with E-state index >= 15 is 0 Å². The van der Waals surface area contributed by atoms with Gasteiger partial charge in [0, 0.05) is 12.8 Å². The minimum Gasteiger partial charge on any atom is -0.457 e. The fourth-order valence-electron chi connectivity index (χ4n) is 4.93.